The molecule has 0 amide bonds. The van der Waals surface area contributed by atoms with Crippen LogP contribution < -0.4 is 0 Å². The summed E-state index contributed by atoms with van der Waals surface area (Å²) in [5, 5.41) is 20.3. The van der Waals surface area contributed by atoms with Gasteiger partial charge in [-0.15, -0.1) is 0 Å². The second-order valence-electron chi connectivity index (χ2n) is 5.29. The summed E-state index contributed by atoms with van der Waals surface area (Å²) in [6.45, 7) is 0. The molecule has 0 saturated heterocycles. The van der Waals surface area contributed by atoms with Gasteiger partial charge in [-0.2, -0.15) is 0 Å². The molecule has 1 aliphatic carbocycles. The molecule has 100 valence electrons. The highest BCUT2D eigenvalue weighted by Gasteiger charge is 2.21. The molecule has 1 aromatic heterocycles. The molecule has 0 spiro atoms. The van der Waals surface area contributed by atoms with Crippen molar-refractivity contribution in [2.45, 2.75) is 19.3 Å². The number of aromatic hydroxyl groups is 2. The third kappa shape index (κ3) is 1.59. The Labute approximate surface area is 116 Å². The van der Waals surface area contributed by atoms with Gasteiger partial charge in [-0.05, 0) is 61.2 Å². The average molecular weight is 266 g/mol. The van der Waals surface area contributed by atoms with Gasteiger partial charge in [0.2, 0.25) is 0 Å². The van der Waals surface area contributed by atoms with Gasteiger partial charge in [0.25, 0.3) is 0 Å². The van der Waals surface area contributed by atoms with E-state index < -0.39 is 0 Å². The number of aryl methyl sites for hydroxylation is 2. The first-order valence-electron chi connectivity index (χ1n) is 6.79. The molecule has 0 fully saturated rings. The molecule has 20 heavy (non-hydrogen) atoms. The van der Waals surface area contributed by atoms with Crippen LogP contribution in [0.4, 0.5) is 0 Å². The average Bonchev–Trinajstić information content (AvgIpc) is 2.68. The Hall–Kier alpha value is -2.42. The van der Waals surface area contributed by atoms with Crippen molar-refractivity contribution >= 4 is 11.0 Å². The summed E-state index contributed by atoms with van der Waals surface area (Å²) in [5.74, 6) is 1.43. The molecular weight excluding hydrogens is 252 g/mol. The maximum atomic E-state index is 9.68. The number of phenols is 2. The molecule has 3 aromatic rings. The normalized spacial score (nSPS) is 13.8. The van der Waals surface area contributed by atoms with E-state index in [1.165, 1.54) is 0 Å². The Balaban J connectivity index is 2.05. The van der Waals surface area contributed by atoms with Gasteiger partial charge in [0.05, 0.1) is 0 Å². The Morgan fingerprint density at radius 1 is 0.900 bits per heavy atom. The van der Waals surface area contributed by atoms with Crippen molar-refractivity contribution in [2.75, 3.05) is 0 Å². The minimum atomic E-state index is 0.260. The monoisotopic (exact) mass is 266 g/mol. The number of benzene rings is 2. The molecule has 1 heterocycles. The van der Waals surface area contributed by atoms with Crippen molar-refractivity contribution in [3.63, 3.8) is 0 Å². The summed E-state index contributed by atoms with van der Waals surface area (Å²) in [4.78, 5) is 0. The van der Waals surface area contributed by atoms with E-state index in [1.54, 1.807) is 24.3 Å². The van der Waals surface area contributed by atoms with E-state index in [0.717, 1.165) is 52.7 Å². The van der Waals surface area contributed by atoms with Crippen LogP contribution in [0.15, 0.2) is 40.8 Å². The van der Waals surface area contributed by atoms with Crippen LogP contribution in [0.25, 0.3) is 22.3 Å². The highest BCUT2D eigenvalue weighted by molar-refractivity contribution is 5.90. The minimum absolute atomic E-state index is 0.260. The Morgan fingerprint density at radius 2 is 1.70 bits per heavy atom. The summed E-state index contributed by atoms with van der Waals surface area (Å²) in [7, 11) is 0. The van der Waals surface area contributed by atoms with Crippen LogP contribution >= 0.6 is 0 Å². The van der Waals surface area contributed by atoms with E-state index in [2.05, 4.69) is 0 Å². The zero-order valence-electron chi connectivity index (χ0n) is 10.9. The van der Waals surface area contributed by atoms with Crippen molar-refractivity contribution in [3.05, 3.63) is 47.5 Å². The number of rotatable bonds is 0. The van der Waals surface area contributed by atoms with Gasteiger partial charge in [0, 0.05) is 16.5 Å². The van der Waals surface area contributed by atoms with Crippen LogP contribution in [0.5, 0.6) is 11.5 Å². The molecule has 2 aromatic carbocycles. The Bertz CT molecular complexity index is 814. The third-order valence-electron chi connectivity index (χ3n) is 3.98. The third-order valence-corrected chi connectivity index (χ3v) is 3.98. The van der Waals surface area contributed by atoms with Gasteiger partial charge in [-0.1, -0.05) is 0 Å². The highest BCUT2D eigenvalue weighted by atomic mass is 16.3. The molecule has 0 saturated carbocycles. The number of hydrogen-bond donors (Lipinski definition) is 2. The summed E-state index contributed by atoms with van der Waals surface area (Å²) in [5.41, 5.74) is 4.12. The lowest BCUT2D eigenvalue weighted by atomic mass is 10.0. The molecule has 0 atom stereocenters. The summed E-state index contributed by atoms with van der Waals surface area (Å²) in [6, 6.07) is 10.6. The highest BCUT2D eigenvalue weighted by Crippen LogP contribution is 2.40. The van der Waals surface area contributed by atoms with Gasteiger partial charge in [-0.3, -0.25) is 0 Å². The van der Waals surface area contributed by atoms with Crippen molar-refractivity contribution in [1.82, 2.24) is 0 Å². The van der Waals surface area contributed by atoms with Crippen LogP contribution in [0.2, 0.25) is 0 Å². The molecule has 2 N–H and O–H groups in total. The fourth-order valence-electron chi connectivity index (χ4n) is 3.07. The molecule has 0 aliphatic heterocycles. The molecule has 4 rings (SSSR count). The lowest BCUT2D eigenvalue weighted by molar-refractivity contribution is 0.474. The SMILES string of the molecule is Oc1ccc2c(c1)CCCc1c-2oc2ccc(O)cc12. The fraction of sp³-hybridized carbons (Fsp3) is 0.176. The topological polar surface area (TPSA) is 53.6 Å². The smallest absolute Gasteiger partial charge is 0.138 e. The standard InChI is InChI=1S/C17H14O3/c18-11-4-6-13-10(8-11)2-1-3-14-15-9-12(19)5-7-16(15)20-17(13)14/h4-9,18-19H,1-3H2. The minimum Gasteiger partial charge on any atom is -0.508 e. The van der Waals surface area contributed by atoms with Crippen molar-refractivity contribution < 1.29 is 14.6 Å². The van der Waals surface area contributed by atoms with E-state index in [1.807, 2.05) is 12.1 Å². The number of furan rings is 1. The Morgan fingerprint density at radius 3 is 2.60 bits per heavy atom. The largest absolute Gasteiger partial charge is 0.508 e. The van der Waals surface area contributed by atoms with E-state index in [4.69, 9.17) is 4.42 Å². The van der Waals surface area contributed by atoms with Crippen molar-refractivity contribution in [2.24, 2.45) is 0 Å². The fourth-order valence-corrected chi connectivity index (χ4v) is 3.07. The maximum Gasteiger partial charge on any atom is 0.138 e. The lowest BCUT2D eigenvalue weighted by Gasteiger charge is -2.05. The maximum absolute atomic E-state index is 9.68. The molecule has 0 radical (unpaired) electrons. The van der Waals surface area contributed by atoms with E-state index >= 15 is 0 Å². The van der Waals surface area contributed by atoms with Gasteiger partial charge in [0.15, 0.2) is 0 Å². The van der Waals surface area contributed by atoms with E-state index in [-0.39, 0.29) is 5.75 Å². The number of fused-ring (bicyclic) bond motifs is 5. The quantitative estimate of drug-likeness (QED) is 0.646. The number of phenolic OH excluding ortho intramolecular Hbond substituents is 2. The van der Waals surface area contributed by atoms with Crippen molar-refractivity contribution in [3.8, 4) is 22.8 Å². The van der Waals surface area contributed by atoms with Crippen LogP contribution in [0.3, 0.4) is 0 Å². The van der Waals surface area contributed by atoms with Gasteiger partial charge in [-0.25, -0.2) is 0 Å². The summed E-state index contributed by atoms with van der Waals surface area (Å²) < 4.78 is 6.00. The summed E-state index contributed by atoms with van der Waals surface area (Å²) in [6.07, 6.45) is 2.85. The van der Waals surface area contributed by atoms with Crippen molar-refractivity contribution in [1.29, 1.82) is 0 Å². The molecule has 1 aliphatic rings. The first kappa shape index (κ1) is 11.4. The molecule has 3 heteroatoms. The van der Waals surface area contributed by atoms with E-state index in [9.17, 15) is 10.2 Å². The van der Waals surface area contributed by atoms with E-state index in [0.29, 0.717) is 5.75 Å². The zero-order chi connectivity index (χ0) is 13.7. The first-order chi connectivity index (χ1) is 9.72. The predicted molar refractivity (Wildman–Crippen MR) is 77.0 cm³/mol. The molecular formula is C17H14O3. The van der Waals surface area contributed by atoms with Gasteiger partial charge < -0.3 is 14.6 Å². The van der Waals surface area contributed by atoms with Crippen LogP contribution in [0.1, 0.15) is 17.5 Å². The van der Waals surface area contributed by atoms with Gasteiger partial charge in [0.1, 0.15) is 22.8 Å². The Kier molecular flexibility index (Phi) is 2.30. The lowest BCUT2D eigenvalue weighted by Crippen LogP contribution is -1.86. The predicted octanol–water partition coefficient (Wildman–Crippen LogP) is 4.00. The molecule has 3 nitrogen and oxygen atoms in total. The second-order valence-corrected chi connectivity index (χ2v) is 5.29. The van der Waals surface area contributed by atoms with Crippen LogP contribution in [-0.2, 0) is 12.8 Å². The first-order valence-corrected chi connectivity index (χ1v) is 6.79. The zero-order valence-corrected chi connectivity index (χ0v) is 10.9. The van der Waals surface area contributed by atoms with Gasteiger partial charge >= 0.3 is 0 Å². The van der Waals surface area contributed by atoms with Crippen LogP contribution in [0, 0.1) is 0 Å². The second kappa shape index (κ2) is 4.04. The number of hydrogen-bond acceptors (Lipinski definition) is 3. The summed E-state index contributed by atoms with van der Waals surface area (Å²) >= 11 is 0. The molecule has 0 bridgehead atoms. The molecule has 0 unspecified atom stereocenters. The van der Waals surface area contributed by atoms with Crippen LogP contribution in [-0.4, -0.2) is 10.2 Å².